The summed E-state index contributed by atoms with van der Waals surface area (Å²) in [6.07, 6.45) is 0. The molecule has 0 aliphatic carbocycles. The molecule has 0 saturated carbocycles. The van der Waals surface area contributed by atoms with Gasteiger partial charge < -0.3 is 19.5 Å². The normalized spacial score (nSPS) is 10.3. The first-order chi connectivity index (χ1) is 13.5. The Morgan fingerprint density at radius 2 is 1.75 bits per heavy atom. The van der Waals surface area contributed by atoms with Gasteiger partial charge in [-0.25, -0.2) is 9.78 Å². The second-order valence-electron chi connectivity index (χ2n) is 5.53. The number of amides is 2. The number of nitrogens with one attached hydrogen (secondary N) is 2. The molecule has 2 aromatic carbocycles. The van der Waals surface area contributed by atoms with Crippen molar-refractivity contribution in [3.05, 3.63) is 46.8 Å². The molecule has 28 heavy (non-hydrogen) atoms. The van der Waals surface area contributed by atoms with Crippen LogP contribution in [0, 0.1) is 0 Å². The van der Waals surface area contributed by atoms with E-state index in [0.717, 1.165) is 5.56 Å². The second-order valence-corrected chi connectivity index (χ2v) is 6.82. The minimum absolute atomic E-state index is 0.429. The average Bonchev–Trinajstić information content (AvgIpc) is 3.15. The molecule has 2 N–H and O–H groups in total. The summed E-state index contributed by atoms with van der Waals surface area (Å²) in [7, 11) is 4.69. The lowest BCUT2D eigenvalue weighted by atomic mass is 10.1. The monoisotopic (exact) mass is 419 g/mol. The van der Waals surface area contributed by atoms with Crippen molar-refractivity contribution < 1.29 is 19.0 Å². The lowest BCUT2D eigenvalue weighted by Gasteiger charge is -2.10. The molecular formula is C19H18ClN3O4S. The summed E-state index contributed by atoms with van der Waals surface area (Å²) < 4.78 is 15.9. The number of carbonyl (C=O) groups is 1. The molecule has 9 heteroatoms. The lowest BCUT2D eigenvalue weighted by molar-refractivity contribution is 0.262. The van der Waals surface area contributed by atoms with Crippen LogP contribution in [0.5, 0.6) is 17.2 Å². The van der Waals surface area contributed by atoms with Crippen LogP contribution in [0.4, 0.5) is 15.6 Å². The number of hydrogen-bond acceptors (Lipinski definition) is 6. The Bertz CT molecular complexity index is 993. The molecule has 7 nitrogen and oxygen atoms in total. The van der Waals surface area contributed by atoms with Crippen LogP contribution in [0.2, 0.25) is 5.02 Å². The molecule has 0 radical (unpaired) electrons. The maximum absolute atomic E-state index is 12.3. The average molecular weight is 420 g/mol. The Kier molecular flexibility index (Phi) is 6.23. The van der Waals surface area contributed by atoms with Gasteiger partial charge in [-0.15, -0.1) is 11.3 Å². The Hall–Kier alpha value is -2.97. The molecule has 0 unspecified atom stereocenters. The van der Waals surface area contributed by atoms with Crippen molar-refractivity contribution in [2.24, 2.45) is 0 Å². The van der Waals surface area contributed by atoms with Crippen molar-refractivity contribution in [3.63, 3.8) is 0 Å². The van der Waals surface area contributed by atoms with E-state index in [0.29, 0.717) is 38.8 Å². The number of aromatic nitrogens is 1. The predicted octanol–water partition coefficient (Wildman–Crippen LogP) is 5.13. The summed E-state index contributed by atoms with van der Waals surface area (Å²) >= 11 is 7.27. The van der Waals surface area contributed by atoms with Gasteiger partial charge in [0, 0.05) is 16.0 Å². The van der Waals surface area contributed by atoms with Crippen LogP contribution < -0.4 is 24.8 Å². The number of carbonyl (C=O) groups excluding carboxylic acids is 1. The van der Waals surface area contributed by atoms with Crippen LogP contribution in [0.3, 0.4) is 0 Å². The summed E-state index contributed by atoms with van der Waals surface area (Å²) in [6, 6.07) is 9.94. The molecule has 0 spiro atoms. The molecule has 0 fully saturated rings. The van der Waals surface area contributed by atoms with Crippen LogP contribution in [0.15, 0.2) is 41.8 Å². The Morgan fingerprint density at radius 1 is 1.00 bits per heavy atom. The van der Waals surface area contributed by atoms with Crippen molar-refractivity contribution in [2.75, 3.05) is 32.0 Å². The Balaban J connectivity index is 1.77. The number of ether oxygens (including phenoxy) is 3. The third kappa shape index (κ3) is 4.47. The van der Waals surface area contributed by atoms with Gasteiger partial charge in [0.2, 0.25) is 0 Å². The zero-order valence-electron chi connectivity index (χ0n) is 15.4. The number of hydrogen-bond donors (Lipinski definition) is 2. The van der Waals surface area contributed by atoms with Gasteiger partial charge in [0.25, 0.3) is 0 Å². The molecule has 1 aromatic heterocycles. The van der Waals surface area contributed by atoms with Crippen LogP contribution in [-0.2, 0) is 0 Å². The van der Waals surface area contributed by atoms with E-state index >= 15 is 0 Å². The number of halogens is 1. The van der Waals surface area contributed by atoms with E-state index in [-0.39, 0.29) is 0 Å². The minimum atomic E-state index is -0.459. The molecule has 0 aliphatic heterocycles. The van der Waals surface area contributed by atoms with E-state index in [9.17, 15) is 4.79 Å². The van der Waals surface area contributed by atoms with Crippen molar-refractivity contribution in [3.8, 4) is 28.5 Å². The van der Waals surface area contributed by atoms with Gasteiger partial charge in [-0.3, -0.25) is 5.32 Å². The van der Waals surface area contributed by atoms with E-state index < -0.39 is 6.03 Å². The van der Waals surface area contributed by atoms with Gasteiger partial charge in [-0.1, -0.05) is 11.6 Å². The number of urea groups is 1. The molecule has 3 aromatic rings. The maximum Gasteiger partial charge on any atom is 0.325 e. The van der Waals surface area contributed by atoms with Crippen LogP contribution >= 0.6 is 22.9 Å². The third-order valence-electron chi connectivity index (χ3n) is 3.82. The van der Waals surface area contributed by atoms with Crippen LogP contribution in [0.25, 0.3) is 11.3 Å². The molecule has 0 bridgehead atoms. The fourth-order valence-electron chi connectivity index (χ4n) is 2.50. The molecule has 0 aliphatic rings. The van der Waals surface area contributed by atoms with Gasteiger partial charge in [0.05, 0.1) is 32.7 Å². The molecular weight excluding hydrogens is 402 g/mol. The summed E-state index contributed by atoms with van der Waals surface area (Å²) in [5.41, 5.74) is 1.89. The quantitative estimate of drug-likeness (QED) is 0.578. The van der Waals surface area contributed by atoms with Gasteiger partial charge >= 0.3 is 6.03 Å². The minimum Gasteiger partial charge on any atom is -0.497 e. The summed E-state index contributed by atoms with van der Waals surface area (Å²) in [5.74, 6) is 1.84. The predicted molar refractivity (Wildman–Crippen MR) is 111 cm³/mol. The topological polar surface area (TPSA) is 81.7 Å². The van der Waals surface area contributed by atoms with Gasteiger partial charge in [0.1, 0.15) is 17.2 Å². The van der Waals surface area contributed by atoms with Crippen molar-refractivity contribution in [1.29, 1.82) is 0 Å². The van der Waals surface area contributed by atoms with Crippen LogP contribution in [-0.4, -0.2) is 32.3 Å². The van der Waals surface area contributed by atoms with Crippen LogP contribution in [0.1, 0.15) is 0 Å². The highest BCUT2D eigenvalue weighted by Gasteiger charge is 2.14. The second kappa shape index (κ2) is 8.81. The molecule has 0 saturated heterocycles. The molecule has 1 heterocycles. The fourth-order valence-corrected chi connectivity index (χ4v) is 3.38. The van der Waals surface area contributed by atoms with E-state index in [1.54, 1.807) is 44.6 Å². The lowest BCUT2D eigenvalue weighted by Crippen LogP contribution is -2.19. The molecule has 2 amide bonds. The number of methoxy groups -OCH3 is 3. The van der Waals surface area contributed by atoms with Gasteiger partial charge in [-0.2, -0.15) is 0 Å². The highest BCUT2D eigenvalue weighted by atomic mass is 35.5. The van der Waals surface area contributed by atoms with Crippen molar-refractivity contribution in [2.45, 2.75) is 0 Å². The first kappa shape index (κ1) is 19.8. The Morgan fingerprint density at radius 3 is 2.46 bits per heavy atom. The smallest absolute Gasteiger partial charge is 0.325 e. The fraction of sp³-hybridized carbons (Fsp3) is 0.158. The standard InChI is InChI=1S/C19H18ClN3O4S/c1-25-12-5-7-16(26-2)13(9-12)15-10-28-19(22-15)23-18(24)21-14-8-11(20)4-6-17(14)27-3/h4-10H,1-3H3,(H2,21,22,23,24). The van der Waals surface area contributed by atoms with Gasteiger partial charge in [-0.05, 0) is 36.4 Å². The number of benzene rings is 2. The van der Waals surface area contributed by atoms with Crippen molar-refractivity contribution >= 4 is 39.8 Å². The van der Waals surface area contributed by atoms with E-state index in [2.05, 4.69) is 15.6 Å². The molecule has 0 atom stereocenters. The third-order valence-corrected chi connectivity index (χ3v) is 4.81. The molecule has 146 valence electrons. The maximum atomic E-state index is 12.3. The largest absolute Gasteiger partial charge is 0.497 e. The zero-order valence-corrected chi connectivity index (χ0v) is 17.0. The highest BCUT2D eigenvalue weighted by molar-refractivity contribution is 7.14. The number of thiazole rings is 1. The SMILES string of the molecule is COc1ccc(OC)c(-c2csc(NC(=O)Nc3cc(Cl)ccc3OC)n2)c1. The molecule has 3 rings (SSSR count). The number of nitrogens with zero attached hydrogens (tertiary/aromatic N) is 1. The first-order valence-electron chi connectivity index (χ1n) is 8.13. The first-order valence-corrected chi connectivity index (χ1v) is 9.39. The van der Waals surface area contributed by atoms with Crippen molar-refractivity contribution in [1.82, 2.24) is 4.98 Å². The summed E-state index contributed by atoms with van der Waals surface area (Å²) in [6.45, 7) is 0. The van der Waals surface area contributed by atoms with E-state index in [4.69, 9.17) is 25.8 Å². The van der Waals surface area contributed by atoms with Gasteiger partial charge in [0.15, 0.2) is 5.13 Å². The Labute approximate surface area is 171 Å². The summed E-state index contributed by atoms with van der Waals surface area (Å²) in [5, 5.41) is 8.15. The van der Waals surface area contributed by atoms with E-state index in [1.807, 2.05) is 11.4 Å². The highest BCUT2D eigenvalue weighted by Crippen LogP contribution is 2.35. The number of anilines is 2. The zero-order chi connectivity index (χ0) is 20.1. The number of rotatable bonds is 6. The van der Waals surface area contributed by atoms with E-state index in [1.165, 1.54) is 18.4 Å². The summed E-state index contributed by atoms with van der Waals surface area (Å²) in [4.78, 5) is 16.8.